The third kappa shape index (κ3) is 6.00. The van der Waals surface area contributed by atoms with Crippen molar-refractivity contribution in [2.24, 2.45) is 0 Å². The zero-order valence-electron chi connectivity index (χ0n) is 16.1. The van der Waals surface area contributed by atoms with Gasteiger partial charge in [0, 0.05) is 11.1 Å². The van der Waals surface area contributed by atoms with Crippen LogP contribution in [0, 0.1) is 0 Å². The molecule has 0 aliphatic carbocycles. The summed E-state index contributed by atoms with van der Waals surface area (Å²) in [6.45, 7) is -0.00174. The Morgan fingerprint density at radius 1 is 0.710 bits per heavy atom. The zero-order valence-corrected chi connectivity index (χ0v) is 17.0. The van der Waals surface area contributed by atoms with Gasteiger partial charge in [-0.1, -0.05) is 48.5 Å². The lowest BCUT2D eigenvalue weighted by atomic mass is 10.2. The van der Waals surface area contributed by atoms with Crippen LogP contribution in [0.25, 0.3) is 0 Å². The molecule has 0 radical (unpaired) electrons. The Bertz CT molecular complexity index is 1180. The van der Waals surface area contributed by atoms with Gasteiger partial charge in [0.2, 0.25) is 0 Å². The average Bonchev–Trinajstić information content (AvgIpc) is 2.79. The van der Waals surface area contributed by atoms with E-state index < -0.39 is 27.9 Å². The van der Waals surface area contributed by atoms with E-state index in [9.17, 15) is 22.8 Å². The van der Waals surface area contributed by atoms with E-state index in [4.69, 9.17) is 4.74 Å². The first-order valence-corrected chi connectivity index (χ1v) is 10.6. The number of hydrogen-bond donors (Lipinski definition) is 2. The summed E-state index contributed by atoms with van der Waals surface area (Å²) in [5.41, 5.74) is 0.998. The normalized spacial score (nSPS) is 10.7. The van der Waals surface area contributed by atoms with Gasteiger partial charge in [-0.3, -0.25) is 14.9 Å². The number of amides is 3. The maximum Gasteiger partial charge on any atom is 0.414 e. The van der Waals surface area contributed by atoms with Crippen molar-refractivity contribution in [3.63, 3.8) is 0 Å². The summed E-state index contributed by atoms with van der Waals surface area (Å²) >= 11 is 0. The van der Waals surface area contributed by atoms with Crippen LogP contribution in [-0.4, -0.2) is 26.3 Å². The maximum absolute atomic E-state index is 12.4. The Morgan fingerprint density at radius 2 is 1.26 bits per heavy atom. The summed E-state index contributed by atoms with van der Waals surface area (Å²) in [7, 11) is -4.14. The number of ether oxygens (including phenoxy) is 1. The Morgan fingerprint density at radius 3 is 1.87 bits per heavy atom. The molecule has 3 aromatic carbocycles. The van der Waals surface area contributed by atoms with Gasteiger partial charge in [-0.25, -0.2) is 17.9 Å². The van der Waals surface area contributed by atoms with Crippen molar-refractivity contribution >= 4 is 27.9 Å². The quantitative estimate of drug-likeness (QED) is 0.611. The first-order valence-electron chi connectivity index (χ1n) is 9.09. The van der Waals surface area contributed by atoms with E-state index in [1.807, 2.05) is 10.8 Å². The average molecular weight is 438 g/mol. The molecule has 0 aromatic heterocycles. The van der Waals surface area contributed by atoms with Crippen LogP contribution in [0.2, 0.25) is 0 Å². The van der Waals surface area contributed by atoms with E-state index in [0.717, 1.165) is 17.7 Å². The Hall–Kier alpha value is -3.98. The van der Waals surface area contributed by atoms with Crippen molar-refractivity contribution in [3.8, 4) is 0 Å². The smallest absolute Gasteiger partial charge is 0.414 e. The number of alkyl carbamates (subject to hydrolysis) is 1. The topological polar surface area (TPSA) is 119 Å². The molecule has 158 valence electrons. The number of rotatable bonds is 6. The molecule has 0 atom stereocenters. The lowest BCUT2D eigenvalue weighted by Gasteiger charge is -2.09. The van der Waals surface area contributed by atoms with Gasteiger partial charge in [-0.05, 0) is 42.0 Å². The summed E-state index contributed by atoms with van der Waals surface area (Å²) in [6.07, 6.45) is -0.930. The van der Waals surface area contributed by atoms with Gasteiger partial charge in [0.05, 0.1) is 4.90 Å². The molecule has 8 nitrogen and oxygen atoms in total. The minimum atomic E-state index is -4.14. The van der Waals surface area contributed by atoms with Crippen molar-refractivity contribution in [2.45, 2.75) is 11.5 Å². The van der Waals surface area contributed by atoms with E-state index >= 15 is 0 Å². The number of carbonyl (C=O) groups excluding carboxylic acids is 3. The maximum atomic E-state index is 12.4. The molecule has 3 aromatic rings. The highest BCUT2D eigenvalue weighted by Gasteiger charge is 2.19. The van der Waals surface area contributed by atoms with Crippen LogP contribution < -0.4 is 10.0 Å². The molecular weight excluding hydrogens is 420 g/mol. The largest absolute Gasteiger partial charge is 0.444 e. The molecule has 0 fully saturated rings. The molecule has 0 saturated heterocycles. The second-order valence-electron chi connectivity index (χ2n) is 6.34. The number of benzene rings is 3. The second kappa shape index (κ2) is 9.68. The van der Waals surface area contributed by atoms with Gasteiger partial charge in [-0.2, -0.15) is 0 Å². The SMILES string of the molecule is O=C(NC(=O)c1ccc(S(=O)(=O)NC(=O)c2ccccc2)cc1)OCc1ccccc1. The summed E-state index contributed by atoms with van der Waals surface area (Å²) < 4.78 is 31.7. The van der Waals surface area contributed by atoms with Crippen LogP contribution in [0.1, 0.15) is 26.3 Å². The molecule has 0 unspecified atom stereocenters. The molecular formula is C22H18N2O6S. The van der Waals surface area contributed by atoms with E-state index in [1.165, 1.54) is 24.3 Å². The molecule has 0 saturated carbocycles. The minimum absolute atomic E-state index is 0.00174. The fraction of sp³-hybridized carbons (Fsp3) is 0.0455. The molecule has 0 aliphatic rings. The highest BCUT2D eigenvalue weighted by molar-refractivity contribution is 7.90. The summed E-state index contributed by atoms with van der Waals surface area (Å²) in [4.78, 5) is 35.8. The molecule has 31 heavy (non-hydrogen) atoms. The summed E-state index contributed by atoms with van der Waals surface area (Å²) in [5.74, 6) is -1.53. The number of imide groups is 1. The summed E-state index contributed by atoms with van der Waals surface area (Å²) in [5, 5.41) is 2.06. The third-order valence-corrected chi connectivity index (χ3v) is 5.47. The van der Waals surface area contributed by atoms with E-state index in [0.29, 0.717) is 0 Å². The van der Waals surface area contributed by atoms with Crippen molar-refractivity contribution in [1.29, 1.82) is 0 Å². The first kappa shape index (κ1) is 21.7. The van der Waals surface area contributed by atoms with Crippen LogP contribution >= 0.6 is 0 Å². The lowest BCUT2D eigenvalue weighted by Crippen LogP contribution is -2.31. The van der Waals surface area contributed by atoms with Gasteiger partial charge in [0.1, 0.15) is 6.61 Å². The van der Waals surface area contributed by atoms with Crippen molar-refractivity contribution in [3.05, 3.63) is 102 Å². The van der Waals surface area contributed by atoms with Crippen LogP contribution in [0.3, 0.4) is 0 Å². The van der Waals surface area contributed by atoms with Gasteiger partial charge in [-0.15, -0.1) is 0 Å². The highest BCUT2D eigenvalue weighted by Crippen LogP contribution is 2.12. The third-order valence-electron chi connectivity index (χ3n) is 4.12. The van der Waals surface area contributed by atoms with Gasteiger partial charge < -0.3 is 4.74 Å². The van der Waals surface area contributed by atoms with Crippen LogP contribution in [0.15, 0.2) is 89.8 Å². The van der Waals surface area contributed by atoms with Crippen molar-refractivity contribution in [1.82, 2.24) is 10.0 Å². The molecule has 2 N–H and O–H groups in total. The first-order chi connectivity index (χ1) is 14.8. The highest BCUT2D eigenvalue weighted by atomic mass is 32.2. The number of hydrogen-bond acceptors (Lipinski definition) is 6. The molecule has 3 rings (SSSR count). The lowest BCUT2D eigenvalue weighted by molar-refractivity contribution is 0.0910. The van der Waals surface area contributed by atoms with Crippen molar-refractivity contribution in [2.75, 3.05) is 0 Å². The van der Waals surface area contributed by atoms with Crippen molar-refractivity contribution < 1.29 is 27.5 Å². The van der Waals surface area contributed by atoms with Gasteiger partial charge in [0.25, 0.3) is 21.8 Å². The minimum Gasteiger partial charge on any atom is -0.444 e. The second-order valence-corrected chi connectivity index (χ2v) is 8.02. The van der Waals surface area contributed by atoms with Crippen LogP contribution in [-0.2, 0) is 21.4 Å². The van der Waals surface area contributed by atoms with E-state index in [-0.39, 0.29) is 22.6 Å². The molecule has 0 spiro atoms. The Kier molecular flexibility index (Phi) is 6.78. The standard InChI is InChI=1S/C22H18N2O6S/c25-20(23-22(27)30-15-16-7-3-1-4-8-16)18-11-13-19(14-12-18)31(28,29)24-21(26)17-9-5-2-6-10-17/h1-14H,15H2,(H,24,26)(H,23,25,27). The molecule has 9 heteroatoms. The molecule has 0 heterocycles. The number of nitrogens with one attached hydrogen (secondary N) is 2. The van der Waals surface area contributed by atoms with Gasteiger partial charge >= 0.3 is 6.09 Å². The van der Waals surface area contributed by atoms with Crippen LogP contribution in [0.4, 0.5) is 4.79 Å². The number of carbonyl (C=O) groups is 3. The zero-order chi connectivity index (χ0) is 22.3. The Labute approximate surface area is 178 Å². The fourth-order valence-electron chi connectivity index (χ4n) is 2.54. The number of sulfonamides is 1. The molecule has 3 amide bonds. The van der Waals surface area contributed by atoms with E-state index in [2.05, 4.69) is 5.32 Å². The van der Waals surface area contributed by atoms with E-state index in [1.54, 1.807) is 42.5 Å². The van der Waals surface area contributed by atoms with Crippen LogP contribution in [0.5, 0.6) is 0 Å². The predicted molar refractivity (Wildman–Crippen MR) is 112 cm³/mol. The van der Waals surface area contributed by atoms with Gasteiger partial charge in [0.15, 0.2) is 0 Å². The fourth-order valence-corrected chi connectivity index (χ4v) is 3.51. The predicted octanol–water partition coefficient (Wildman–Crippen LogP) is 2.87. The molecule has 0 bridgehead atoms. The molecule has 0 aliphatic heterocycles. The monoisotopic (exact) mass is 438 g/mol. The summed E-state index contributed by atoms with van der Waals surface area (Å²) in [6, 6.07) is 21.6. The Balaban J connectivity index is 1.59.